The molecule has 2 rings (SSSR count). The number of aromatic nitrogens is 3. The monoisotopic (exact) mass is 192 g/mol. The summed E-state index contributed by atoms with van der Waals surface area (Å²) in [5.41, 5.74) is 1.75. The summed E-state index contributed by atoms with van der Waals surface area (Å²) in [4.78, 5) is 3.52. The second-order valence-corrected chi connectivity index (χ2v) is 2.81. The lowest BCUT2D eigenvalue weighted by Gasteiger charge is -2.02. The molecule has 0 spiro atoms. The molecule has 0 saturated carbocycles. The highest BCUT2D eigenvalue weighted by molar-refractivity contribution is 5.40. The van der Waals surface area contributed by atoms with Gasteiger partial charge in [0.1, 0.15) is 0 Å². The molecule has 2 aromatic heterocycles. The molecule has 0 bridgehead atoms. The first-order chi connectivity index (χ1) is 6.84. The Balaban J connectivity index is 1.95. The van der Waals surface area contributed by atoms with Gasteiger partial charge in [0.25, 0.3) is 0 Å². The summed E-state index contributed by atoms with van der Waals surface area (Å²) in [5, 5.41) is 9.69. The van der Waals surface area contributed by atoms with Gasteiger partial charge >= 0.3 is 0 Å². The van der Waals surface area contributed by atoms with E-state index in [1.165, 1.54) is 12.3 Å². The molecule has 2 aromatic rings. The molecule has 2 heterocycles. The number of hydrogen-bond donors (Lipinski definition) is 2. The van der Waals surface area contributed by atoms with Crippen molar-refractivity contribution >= 4 is 5.69 Å². The Hall–Kier alpha value is -1.91. The third-order valence-electron chi connectivity index (χ3n) is 1.77. The van der Waals surface area contributed by atoms with Gasteiger partial charge in [0.05, 0.1) is 24.1 Å². The molecule has 0 amide bonds. The lowest BCUT2D eigenvalue weighted by Crippen LogP contribution is -2.00. The van der Waals surface area contributed by atoms with Gasteiger partial charge in [0, 0.05) is 6.20 Å². The summed E-state index contributed by atoms with van der Waals surface area (Å²) < 4.78 is 12.4. The first-order valence-electron chi connectivity index (χ1n) is 4.18. The topological polar surface area (TPSA) is 53.6 Å². The fourth-order valence-corrected chi connectivity index (χ4v) is 1.06. The van der Waals surface area contributed by atoms with E-state index >= 15 is 0 Å². The third-order valence-corrected chi connectivity index (χ3v) is 1.77. The molecule has 0 saturated heterocycles. The lowest BCUT2D eigenvalue weighted by molar-refractivity contribution is 0.584. The van der Waals surface area contributed by atoms with Crippen molar-refractivity contribution < 1.29 is 4.39 Å². The Morgan fingerprint density at radius 1 is 1.36 bits per heavy atom. The minimum Gasteiger partial charge on any atom is -0.378 e. The maximum atomic E-state index is 12.4. The van der Waals surface area contributed by atoms with Crippen LogP contribution in [0, 0.1) is 5.95 Å². The Kier molecular flexibility index (Phi) is 2.40. The average Bonchev–Trinajstić information content (AvgIpc) is 2.70. The number of pyridine rings is 1. The highest BCUT2D eigenvalue weighted by Gasteiger charge is 1.95. The second kappa shape index (κ2) is 3.87. The predicted octanol–water partition coefficient (Wildman–Crippen LogP) is 1.56. The summed E-state index contributed by atoms with van der Waals surface area (Å²) >= 11 is 0. The maximum absolute atomic E-state index is 12.4. The Morgan fingerprint density at radius 2 is 2.29 bits per heavy atom. The van der Waals surface area contributed by atoms with Gasteiger partial charge in [0.2, 0.25) is 5.95 Å². The van der Waals surface area contributed by atoms with Gasteiger partial charge in [-0.05, 0) is 18.2 Å². The largest absolute Gasteiger partial charge is 0.378 e. The molecule has 72 valence electrons. The van der Waals surface area contributed by atoms with Gasteiger partial charge in [-0.1, -0.05) is 0 Å². The number of aromatic amines is 1. The minimum absolute atomic E-state index is 0.475. The van der Waals surface area contributed by atoms with Gasteiger partial charge in [0.15, 0.2) is 0 Å². The third kappa shape index (κ3) is 2.07. The maximum Gasteiger partial charge on any atom is 0.212 e. The van der Waals surface area contributed by atoms with E-state index in [9.17, 15) is 4.39 Å². The van der Waals surface area contributed by atoms with Crippen molar-refractivity contribution in [2.24, 2.45) is 0 Å². The number of anilines is 1. The van der Waals surface area contributed by atoms with Crippen LogP contribution in [0.2, 0.25) is 0 Å². The number of halogens is 1. The van der Waals surface area contributed by atoms with Crippen LogP contribution >= 0.6 is 0 Å². The van der Waals surface area contributed by atoms with Crippen molar-refractivity contribution in [2.45, 2.75) is 6.54 Å². The zero-order valence-corrected chi connectivity index (χ0v) is 7.37. The molecule has 4 nitrogen and oxygen atoms in total. The van der Waals surface area contributed by atoms with E-state index in [2.05, 4.69) is 20.5 Å². The van der Waals surface area contributed by atoms with Crippen molar-refractivity contribution in [3.05, 3.63) is 42.2 Å². The van der Waals surface area contributed by atoms with Crippen molar-refractivity contribution in [3.8, 4) is 0 Å². The van der Waals surface area contributed by atoms with E-state index in [-0.39, 0.29) is 0 Å². The van der Waals surface area contributed by atoms with Crippen LogP contribution in [0.1, 0.15) is 5.69 Å². The van der Waals surface area contributed by atoms with E-state index in [0.717, 1.165) is 11.4 Å². The van der Waals surface area contributed by atoms with Crippen molar-refractivity contribution in [3.63, 3.8) is 0 Å². The van der Waals surface area contributed by atoms with Gasteiger partial charge in [-0.2, -0.15) is 9.49 Å². The Morgan fingerprint density at radius 3 is 2.93 bits per heavy atom. The van der Waals surface area contributed by atoms with Gasteiger partial charge in [-0.25, -0.2) is 4.98 Å². The molecule has 0 aliphatic rings. The van der Waals surface area contributed by atoms with Gasteiger partial charge < -0.3 is 5.32 Å². The fraction of sp³-hybridized carbons (Fsp3) is 0.111. The smallest absolute Gasteiger partial charge is 0.212 e. The number of nitrogens with zero attached hydrogens (tertiary/aromatic N) is 2. The summed E-state index contributed by atoms with van der Waals surface area (Å²) in [6, 6.07) is 4.82. The van der Waals surface area contributed by atoms with E-state index in [0.29, 0.717) is 6.54 Å². The van der Waals surface area contributed by atoms with Crippen LogP contribution in [0.3, 0.4) is 0 Å². The molecule has 2 N–H and O–H groups in total. The molecule has 14 heavy (non-hydrogen) atoms. The van der Waals surface area contributed by atoms with Crippen molar-refractivity contribution in [2.75, 3.05) is 5.32 Å². The molecule has 0 fully saturated rings. The van der Waals surface area contributed by atoms with Crippen LogP contribution in [0.5, 0.6) is 0 Å². The summed E-state index contributed by atoms with van der Waals surface area (Å²) in [7, 11) is 0. The summed E-state index contributed by atoms with van der Waals surface area (Å²) in [6.07, 6.45) is 3.13. The highest BCUT2D eigenvalue weighted by Crippen LogP contribution is 2.06. The number of rotatable bonds is 3. The van der Waals surface area contributed by atoms with E-state index < -0.39 is 5.95 Å². The average molecular weight is 192 g/mol. The van der Waals surface area contributed by atoms with Gasteiger partial charge in [-0.15, -0.1) is 0 Å². The second-order valence-electron chi connectivity index (χ2n) is 2.81. The van der Waals surface area contributed by atoms with Crippen LogP contribution in [0.15, 0.2) is 30.6 Å². The molecular formula is C9H9FN4. The summed E-state index contributed by atoms with van der Waals surface area (Å²) in [6.45, 7) is 0.618. The lowest BCUT2D eigenvalue weighted by atomic mass is 10.4. The van der Waals surface area contributed by atoms with Crippen molar-refractivity contribution in [1.29, 1.82) is 0 Å². The van der Waals surface area contributed by atoms with E-state index in [4.69, 9.17) is 0 Å². The van der Waals surface area contributed by atoms with Crippen molar-refractivity contribution in [1.82, 2.24) is 15.2 Å². The van der Waals surface area contributed by atoms with Crippen LogP contribution in [0.25, 0.3) is 0 Å². The first-order valence-corrected chi connectivity index (χ1v) is 4.18. The SMILES string of the molecule is Fc1ccc(NCc2ccn[nH]2)cn1. The minimum atomic E-state index is -0.475. The standard InChI is InChI=1S/C9H9FN4/c10-9-2-1-7(5-12-9)11-6-8-3-4-13-14-8/h1-5,11H,6H2,(H,13,14). The fourth-order valence-electron chi connectivity index (χ4n) is 1.06. The molecule has 0 aliphatic carbocycles. The molecule has 5 heteroatoms. The van der Waals surface area contributed by atoms with Gasteiger partial charge in [-0.3, -0.25) is 5.10 Å². The van der Waals surface area contributed by atoms with E-state index in [1.54, 1.807) is 12.3 Å². The van der Waals surface area contributed by atoms with Crippen LogP contribution < -0.4 is 5.32 Å². The predicted molar refractivity (Wildman–Crippen MR) is 50.1 cm³/mol. The molecule has 0 aliphatic heterocycles. The highest BCUT2D eigenvalue weighted by atomic mass is 19.1. The number of hydrogen-bond acceptors (Lipinski definition) is 3. The number of nitrogens with one attached hydrogen (secondary N) is 2. The van der Waals surface area contributed by atoms with E-state index in [1.807, 2.05) is 6.07 Å². The summed E-state index contributed by atoms with van der Waals surface area (Å²) in [5.74, 6) is -0.475. The molecule has 0 radical (unpaired) electrons. The normalized spacial score (nSPS) is 10.1. The molecular weight excluding hydrogens is 183 g/mol. The van der Waals surface area contributed by atoms with Crippen LogP contribution in [0.4, 0.5) is 10.1 Å². The zero-order chi connectivity index (χ0) is 9.80. The Bertz CT molecular complexity index is 382. The quantitative estimate of drug-likeness (QED) is 0.725. The number of H-pyrrole nitrogens is 1. The zero-order valence-electron chi connectivity index (χ0n) is 7.37. The van der Waals surface area contributed by atoms with Crippen LogP contribution in [-0.4, -0.2) is 15.2 Å². The molecule has 0 atom stereocenters. The molecule has 0 aromatic carbocycles. The Labute approximate surface area is 80.2 Å². The first kappa shape index (κ1) is 8.68. The molecule has 0 unspecified atom stereocenters. The van der Waals surface area contributed by atoms with Crippen LogP contribution in [-0.2, 0) is 6.54 Å².